The molecule has 2 aromatic rings. The van der Waals surface area contributed by atoms with Crippen molar-refractivity contribution in [2.45, 2.75) is 33.1 Å². The number of likely N-dealkylation sites (tertiary alicyclic amines) is 1. The maximum atomic E-state index is 5.59. The predicted octanol–water partition coefficient (Wildman–Crippen LogP) is 4.04. The van der Waals surface area contributed by atoms with E-state index in [-0.39, 0.29) is 24.0 Å². The molecule has 1 atom stereocenters. The van der Waals surface area contributed by atoms with Gasteiger partial charge in [-0.3, -0.25) is 4.99 Å². The first-order valence-corrected chi connectivity index (χ1v) is 9.97. The smallest absolute Gasteiger partial charge is 0.193 e. The van der Waals surface area contributed by atoms with E-state index in [2.05, 4.69) is 59.5 Å². The second-order valence-electron chi connectivity index (χ2n) is 6.96. The van der Waals surface area contributed by atoms with Gasteiger partial charge in [-0.05, 0) is 44.7 Å². The number of hydrogen-bond acceptors (Lipinski definition) is 2. The average molecular weight is 484 g/mol. The van der Waals surface area contributed by atoms with Crippen LogP contribution >= 0.6 is 24.0 Å². The van der Waals surface area contributed by atoms with Crippen LogP contribution in [-0.2, 0) is 11.2 Å². The van der Waals surface area contributed by atoms with Crippen LogP contribution in [-0.4, -0.2) is 55.2 Å². The molecule has 1 aromatic carbocycles. The lowest BCUT2D eigenvalue weighted by Gasteiger charge is -2.21. The van der Waals surface area contributed by atoms with Crippen LogP contribution in [0.1, 0.15) is 32.3 Å². The minimum atomic E-state index is 0. The van der Waals surface area contributed by atoms with Gasteiger partial charge in [0.2, 0.25) is 0 Å². The largest absolute Gasteiger partial charge is 0.381 e. The van der Waals surface area contributed by atoms with Gasteiger partial charge in [0.1, 0.15) is 0 Å². The number of rotatable bonds is 8. The van der Waals surface area contributed by atoms with Gasteiger partial charge in [-0.1, -0.05) is 18.2 Å². The molecule has 1 fully saturated rings. The average Bonchev–Trinajstić information content (AvgIpc) is 3.30. The van der Waals surface area contributed by atoms with Crippen molar-refractivity contribution in [3.63, 3.8) is 0 Å². The molecule has 0 bridgehead atoms. The van der Waals surface area contributed by atoms with Gasteiger partial charge in [-0.15, -0.1) is 24.0 Å². The first-order chi connectivity index (χ1) is 12.8. The number of aromatic amines is 1. The Morgan fingerprint density at radius 1 is 1.33 bits per heavy atom. The highest BCUT2D eigenvalue weighted by molar-refractivity contribution is 14.0. The fourth-order valence-corrected chi connectivity index (χ4v) is 3.66. The normalized spacial score (nSPS) is 17.3. The number of ether oxygens (including phenoxy) is 1. The number of benzene rings is 1. The number of para-hydroxylation sites is 1. The number of nitrogens with zero attached hydrogens (tertiary/aromatic N) is 2. The molecular weight excluding hydrogens is 451 g/mol. The van der Waals surface area contributed by atoms with Crippen molar-refractivity contribution in [1.82, 2.24) is 15.2 Å². The Hall–Kier alpha value is -1.28. The van der Waals surface area contributed by atoms with Gasteiger partial charge in [-0.2, -0.15) is 0 Å². The lowest BCUT2D eigenvalue weighted by Crippen LogP contribution is -2.40. The predicted molar refractivity (Wildman–Crippen MR) is 124 cm³/mol. The number of aromatic nitrogens is 1. The highest BCUT2D eigenvalue weighted by atomic mass is 127. The van der Waals surface area contributed by atoms with Gasteiger partial charge in [-0.25, -0.2) is 0 Å². The fraction of sp³-hybridized carbons (Fsp3) is 0.571. The van der Waals surface area contributed by atoms with Crippen molar-refractivity contribution < 1.29 is 4.74 Å². The first-order valence-electron chi connectivity index (χ1n) is 9.97. The molecule has 0 aliphatic carbocycles. The molecule has 0 spiro atoms. The summed E-state index contributed by atoms with van der Waals surface area (Å²) in [5, 5.41) is 4.79. The molecule has 150 valence electrons. The van der Waals surface area contributed by atoms with Crippen LogP contribution in [0.2, 0.25) is 0 Å². The quantitative estimate of drug-likeness (QED) is 0.257. The lowest BCUT2D eigenvalue weighted by molar-refractivity contribution is 0.114. The molecular formula is C21H33IN4O. The number of hydrogen-bond donors (Lipinski definition) is 2. The topological polar surface area (TPSA) is 52.7 Å². The van der Waals surface area contributed by atoms with Crippen LogP contribution in [0.15, 0.2) is 35.5 Å². The monoisotopic (exact) mass is 484 g/mol. The van der Waals surface area contributed by atoms with Crippen molar-refractivity contribution in [3.05, 3.63) is 36.0 Å². The summed E-state index contributed by atoms with van der Waals surface area (Å²) in [6.45, 7) is 9.76. The van der Waals surface area contributed by atoms with Crippen LogP contribution in [0.3, 0.4) is 0 Å². The Balaban J connectivity index is 0.00000261. The second-order valence-corrected chi connectivity index (χ2v) is 6.96. The maximum Gasteiger partial charge on any atom is 0.193 e. The van der Waals surface area contributed by atoms with Crippen molar-refractivity contribution in [2.75, 3.05) is 39.4 Å². The number of halogens is 1. The van der Waals surface area contributed by atoms with E-state index in [1.807, 2.05) is 0 Å². The molecule has 5 nitrogen and oxygen atoms in total. The van der Waals surface area contributed by atoms with E-state index in [9.17, 15) is 0 Å². The van der Waals surface area contributed by atoms with Gasteiger partial charge in [0.25, 0.3) is 0 Å². The molecule has 0 amide bonds. The van der Waals surface area contributed by atoms with E-state index in [1.165, 1.54) is 22.9 Å². The molecule has 1 unspecified atom stereocenters. The summed E-state index contributed by atoms with van der Waals surface area (Å²) in [6.07, 6.45) is 5.45. The maximum absolute atomic E-state index is 5.59. The van der Waals surface area contributed by atoms with Crippen LogP contribution in [0, 0.1) is 5.92 Å². The highest BCUT2D eigenvalue weighted by Crippen LogP contribution is 2.19. The van der Waals surface area contributed by atoms with E-state index in [0.29, 0.717) is 5.92 Å². The Kier molecular flexibility index (Phi) is 9.41. The van der Waals surface area contributed by atoms with Crippen molar-refractivity contribution in [1.29, 1.82) is 0 Å². The molecule has 1 aliphatic heterocycles. The molecule has 0 radical (unpaired) electrons. The van der Waals surface area contributed by atoms with Crippen molar-refractivity contribution in [2.24, 2.45) is 10.9 Å². The van der Waals surface area contributed by atoms with Crippen molar-refractivity contribution in [3.8, 4) is 0 Å². The summed E-state index contributed by atoms with van der Waals surface area (Å²) >= 11 is 0. The summed E-state index contributed by atoms with van der Waals surface area (Å²) in [4.78, 5) is 10.6. The summed E-state index contributed by atoms with van der Waals surface area (Å²) in [5.41, 5.74) is 2.61. The zero-order chi connectivity index (χ0) is 18.2. The standard InChI is InChI=1S/C21H32N4O.HI/c1-3-22-21(25-13-11-17(15-25)16-26-4-2)23-12-7-8-18-14-24-20-10-6-5-9-19(18)20;/h5-6,9-10,14,17,24H,3-4,7-8,11-13,15-16H2,1-2H3,(H,22,23);1H. The number of fused-ring (bicyclic) bond motifs is 1. The third-order valence-corrected chi connectivity index (χ3v) is 5.02. The number of H-pyrrole nitrogens is 1. The molecule has 1 saturated heterocycles. The third-order valence-electron chi connectivity index (χ3n) is 5.02. The van der Waals surface area contributed by atoms with E-state index in [4.69, 9.17) is 9.73 Å². The van der Waals surface area contributed by atoms with Gasteiger partial charge >= 0.3 is 0 Å². The fourth-order valence-electron chi connectivity index (χ4n) is 3.66. The number of aliphatic imine (C=N–C) groups is 1. The van der Waals surface area contributed by atoms with E-state index >= 15 is 0 Å². The number of aryl methyl sites for hydroxylation is 1. The van der Waals surface area contributed by atoms with Gasteiger partial charge in [0.05, 0.1) is 6.61 Å². The second kappa shape index (κ2) is 11.5. The summed E-state index contributed by atoms with van der Waals surface area (Å²) in [5.74, 6) is 1.69. The first kappa shape index (κ1) is 22.0. The van der Waals surface area contributed by atoms with E-state index in [1.54, 1.807) is 0 Å². The minimum absolute atomic E-state index is 0. The van der Waals surface area contributed by atoms with Gasteiger partial charge < -0.3 is 19.9 Å². The Morgan fingerprint density at radius 2 is 2.19 bits per heavy atom. The van der Waals surface area contributed by atoms with E-state index in [0.717, 1.165) is 58.2 Å². The summed E-state index contributed by atoms with van der Waals surface area (Å²) in [6, 6.07) is 8.50. The van der Waals surface area contributed by atoms with Crippen LogP contribution in [0.5, 0.6) is 0 Å². The molecule has 1 aromatic heterocycles. The molecule has 3 rings (SSSR count). The third kappa shape index (κ3) is 6.10. The summed E-state index contributed by atoms with van der Waals surface area (Å²) < 4.78 is 5.59. The SMILES string of the molecule is CCNC(=NCCCc1c[nH]c2ccccc12)N1CCC(COCC)C1.I. The Morgan fingerprint density at radius 3 is 3.00 bits per heavy atom. The molecule has 6 heteroatoms. The molecule has 27 heavy (non-hydrogen) atoms. The van der Waals surface area contributed by atoms with Crippen LogP contribution < -0.4 is 5.32 Å². The molecule has 0 saturated carbocycles. The number of nitrogens with one attached hydrogen (secondary N) is 2. The van der Waals surface area contributed by atoms with Crippen molar-refractivity contribution >= 4 is 40.8 Å². The lowest BCUT2D eigenvalue weighted by atomic mass is 10.1. The summed E-state index contributed by atoms with van der Waals surface area (Å²) in [7, 11) is 0. The zero-order valence-electron chi connectivity index (χ0n) is 16.5. The van der Waals surface area contributed by atoms with E-state index < -0.39 is 0 Å². The number of guanidine groups is 1. The highest BCUT2D eigenvalue weighted by Gasteiger charge is 2.24. The van der Waals surface area contributed by atoms with Gasteiger partial charge in [0.15, 0.2) is 5.96 Å². The molecule has 1 aliphatic rings. The molecule has 2 N–H and O–H groups in total. The van der Waals surface area contributed by atoms with Crippen LogP contribution in [0.4, 0.5) is 0 Å². The Labute approximate surface area is 180 Å². The minimum Gasteiger partial charge on any atom is -0.381 e. The van der Waals surface area contributed by atoms with Crippen LogP contribution in [0.25, 0.3) is 10.9 Å². The van der Waals surface area contributed by atoms with Gasteiger partial charge in [0, 0.05) is 55.8 Å². The zero-order valence-corrected chi connectivity index (χ0v) is 18.9. The molecule has 2 heterocycles. The Bertz CT molecular complexity index is 715.